The summed E-state index contributed by atoms with van der Waals surface area (Å²) in [6, 6.07) is 5.04. The fourth-order valence-electron chi connectivity index (χ4n) is 3.48. The van der Waals surface area contributed by atoms with Crippen LogP contribution in [0.1, 0.15) is 49.4 Å². The van der Waals surface area contributed by atoms with E-state index in [1.54, 1.807) is 19.3 Å². The number of carbonyl (C=O) groups is 1. The van der Waals surface area contributed by atoms with E-state index in [0.717, 1.165) is 41.7 Å². The standard InChI is InChI=1S/C20H21F3N2O/c1-3-18(26)25-19-12(2)4-9-15-16(10-24-11-17(15)19)13-5-7-14(8-6-13)20(21,22)23/h5-8,10-12,19H,3-4,9H2,1-2H3,(H,25,26). The average molecular weight is 362 g/mol. The number of nitrogens with zero attached hydrogens (tertiary/aromatic N) is 1. The van der Waals surface area contributed by atoms with Gasteiger partial charge in [-0.1, -0.05) is 26.0 Å². The number of aromatic nitrogens is 1. The van der Waals surface area contributed by atoms with Gasteiger partial charge in [0.15, 0.2) is 0 Å². The summed E-state index contributed by atoms with van der Waals surface area (Å²) in [4.78, 5) is 16.2. The number of benzene rings is 1. The highest BCUT2D eigenvalue weighted by molar-refractivity contribution is 5.76. The molecule has 1 aliphatic rings. The van der Waals surface area contributed by atoms with Gasteiger partial charge in [-0.15, -0.1) is 0 Å². The Morgan fingerprint density at radius 1 is 1.23 bits per heavy atom. The lowest BCUT2D eigenvalue weighted by molar-refractivity contribution is -0.137. The van der Waals surface area contributed by atoms with Crippen molar-refractivity contribution in [2.75, 3.05) is 0 Å². The molecule has 0 saturated carbocycles. The Morgan fingerprint density at radius 2 is 1.92 bits per heavy atom. The first-order valence-electron chi connectivity index (χ1n) is 8.75. The molecule has 1 N–H and O–H groups in total. The highest BCUT2D eigenvalue weighted by Gasteiger charge is 2.31. The van der Waals surface area contributed by atoms with Gasteiger partial charge in [0, 0.05) is 24.4 Å². The van der Waals surface area contributed by atoms with E-state index in [-0.39, 0.29) is 17.9 Å². The lowest BCUT2D eigenvalue weighted by Gasteiger charge is -2.33. The van der Waals surface area contributed by atoms with E-state index < -0.39 is 11.7 Å². The number of pyridine rings is 1. The monoisotopic (exact) mass is 362 g/mol. The molecule has 1 amide bonds. The molecule has 1 heterocycles. The van der Waals surface area contributed by atoms with E-state index in [0.29, 0.717) is 12.0 Å². The predicted octanol–water partition coefficient (Wildman–Crippen LogP) is 4.92. The van der Waals surface area contributed by atoms with Crippen molar-refractivity contribution in [1.29, 1.82) is 0 Å². The molecule has 0 saturated heterocycles. The molecule has 6 heteroatoms. The molecule has 0 radical (unpaired) electrons. The summed E-state index contributed by atoms with van der Waals surface area (Å²) >= 11 is 0. The van der Waals surface area contributed by atoms with Crippen LogP contribution in [0, 0.1) is 5.92 Å². The molecule has 2 atom stereocenters. The molecule has 0 spiro atoms. The number of rotatable bonds is 3. The van der Waals surface area contributed by atoms with Crippen molar-refractivity contribution in [3.05, 3.63) is 53.3 Å². The smallest absolute Gasteiger partial charge is 0.349 e. The van der Waals surface area contributed by atoms with Crippen LogP contribution in [0.25, 0.3) is 11.1 Å². The van der Waals surface area contributed by atoms with Crippen molar-refractivity contribution < 1.29 is 18.0 Å². The first-order valence-corrected chi connectivity index (χ1v) is 8.75. The van der Waals surface area contributed by atoms with Gasteiger partial charge >= 0.3 is 6.18 Å². The topological polar surface area (TPSA) is 42.0 Å². The van der Waals surface area contributed by atoms with Crippen LogP contribution in [0.15, 0.2) is 36.7 Å². The molecule has 2 aromatic rings. The minimum Gasteiger partial charge on any atom is -0.349 e. The number of nitrogens with one attached hydrogen (secondary N) is 1. The van der Waals surface area contributed by atoms with E-state index in [1.165, 1.54) is 12.1 Å². The summed E-state index contributed by atoms with van der Waals surface area (Å²) in [5.41, 5.74) is 2.89. The second-order valence-corrected chi connectivity index (χ2v) is 6.74. The third-order valence-corrected chi connectivity index (χ3v) is 5.01. The molecular weight excluding hydrogens is 341 g/mol. The highest BCUT2D eigenvalue weighted by Crippen LogP contribution is 2.39. The molecule has 138 valence electrons. The Balaban J connectivity index is 2.00. The van der Waals surface area contributed by atoms with Gasteiger partial charge in [-0.2, -0.15) is 13.2 Å². The fourth-order valence-corrected chi connectivity index (χ4v) is 3.48. The van der Waals surface area contributed by atoms with E-state index in [4.69, 9.17) is 0 Å². The summed E-state index contributed by atoms with van der Waals surface area (Å²) < 4.78 is 38.4. The molecule has 1 aliphatic carbocycles. The third kappa shape index (κ3) is 3.59. The Bertz CT molecular complexity index is 800. The summed E-state index contributed by atoms with van der Waals surface area (Å²) in [5.74, 6) is 0.261. The number of amides is 1. The number of hydrogen-bond acceptors (Lipinski definition) is 2. The predicted molar refractivity (Wildman–Crippen MR) is 93.3 cm³/mol. The van der Waals surface area contributed by atoms with E-state index in [2.05, 4.69) is 17.2 Å². The van der Waals surface area contributed by atoms with Gasteiger partial charge in [0.1, 0.15) is 0 Å². The molecule has 1 aromatic carbocycles. The second-order valence-electron chi connectivity index (χ2n) is 6.74. The van der Waals surface area contributed by atoms with Gasteiger partial charge in [0.2, 0.25) is 5.91 Å². The molecule has 3 rings (SSSR count). The molecule has 0 fully saturated rings. The molecule has 0 aliphatic heterocycles. The highest BCUT2D eigenvalue weighted by atomic mass is 19.4. The van der Waals surface area contributed by atoms with Crippen LogP contribution in [0.3, 0.4) is 0 Å². The number of carbonyl (C=O) groups excluding carboxylic acids is 1. The average Bonchev–Trinajstić information content (AvgIpc) is 2.62. The summed E-state index contributed by atoms with van der Waals surface area (Å²) in [6.07, 6.45) is 1.23. The molecule has 1 aromatic heterocycles. The lowest BCUT2D eigenvalue weighted by atomic mass is 9.79. The molecular formula is C20H21F3N2O. The van der Waals surface area contributed by atoms with Crippen LogP contribution in [0.4, 0.5) is 13.2 Å². The van der Waals surface area contributed by atoms with Gasteiger partial charge in [-0.25, -0.2) is 0 Å². The van der Waals surface area contributed by atoms with Crippen LogP contribution < -0.4 is 5.32 Å². The van der Waals surface area contributed by atoms with Crippen molar-refractivity contribution >= 4 is 5.91 Å². The Labute approximate surface area is 150 Å². The zero-order valence-electron chi connectivity index (χ0n) is 14.7. The Kier molecular flexibility index (Phi) is 5.03. The summed E-state index contributed by atoms with van der Waals surface area (Å²) in [5, 5.41) is 3.05. The van der Waals surface area contributed by atoms with Gasteiger partial charge < -0.3 is 5.32 Å². The van der Waals surface area contributed by atoms with Gasteiger partial charge in [-0.05, 0) is 47.6 Å². The number of hydrogen-bond donors (Lipinski definition) is 1. The quantitative estimate of drug-likeness (QED) is 0.842. The van der Waals surface area contributed by atoms with E-state index in [9.17, 15) is 18.0 Å². The second kappa shape index (κ2) is 7.09. The Morgan fingerprint density at radius 3 is 2.54 bits per heavy atom. The minimum absolute atomic E-state index is 0.0189. The van der Waals surface area contributed by atoms with Crippen molar-refractivity contribution in [2.24, 2.45) is 5.92 Å². The van der Waals surface area contributed by atoms with Gasteiger partial charge in [0.05, 0.1) is 11.6 Å². The van der Waals surface area contributed by atoms with Crippen LogP contribution in [-0.2, 0) is 17.4 Å². The molecule has 26 heavy (non-hydrogen) atoms. The van der Waals surface area contributed by atoms with Crippen LogP contribution in [0.2, 0.25) is 0 Å². The Hall–Kier alpha value is -2.37. The largest absolute Gasteiger partial charge is 0.416 e. The summed E-state index contributed by atoms with van der Waals surface area (Å²) in [6.45, 7) is 3.90. The maximum absolute atomic E-state index is 12.8. The number of alkyl halides is 3. The van der Waals surface area contributed by atoms with E-state index >= 15 is 0 Å². The van der Waals surface area contributed by atoms with Crippen LogP contribution >= 0.6 is 0 Å². The van der Waals surface area contributed by atoms with Crippen molar-refractivity contribution in [2.45, 2.75) is 45.3 Å². The van der Waals surface area contributed by atoms with Crippen LogP contribution in [-0.4, -0.2) is 10.9 Å². The SMILES string of the molecule is CCC(=O)NC1c2cncc(-c3ccc(C(F)(F)F)cc3)c2CCC1C. The van der Waals surface area contributed by atoms with Crippen molar-refractivity contribution in [3.8, 4) is 11.1 Å². The molecule has 0 bridgehead atoms. The van der Waals surface area contributed by atoms with E-state index in [1.807, 2.05) is 0 Å². The van der Waals surface area contributed by atoms with Crippen molar-refractivity contribution in [3.63, 3.8) is 0 Å². The lowest BCUT2D eigenvalue weighted by Crippen LogP contribution is -2.35. The first kappa shape index (κ1) is 18.4. The zero-order valence-corrected chi connectivity index (χ0v) is 14.7. The maximum atomic E-state index is 12.8. The van der Waals surface area contributed by atoms with Crippen molar-refractivity contribution in [1.82, 2.24) is 10.3 Å². The first-order chi connectivity index (χ1) is 12.3. The maximum Gasteiger partial charge on any atom is 0.416 e. The van der Waals surface area contributed by atoms with Crippen LogP contribution in [0.5, 0.6) is 0 Å². The number of fused-ring (bicyclic) bond motifs is 1. The number of halogens is 3. The van der Waals surface area contributed by atoms with Gasteiger partial charge in [0.25, 0.3) is 0 Å². The fraction of sp³-hybridized carbons (Fsp3) is 0.400. The molecule has 3 nitrogen and oxygen atoms in total. The summed E-state index contributed by atoms with van der Waals surface area (Å²) in [7, 11) is 0. The molecule has 2 unspecified atom stereocenters. The third-order valence-electron chi connectivity index (χ3n) is 5.01. The minimum atomic E-state index is -4.35. The normalized spacial score (nSPS) is 19.7. The van der Waals surface area contributed by atoms with Gasteiger partial charge in [-0.3, -0.25) is 9.78 Å². The zero-order chi connectivity index (χ0) is 18.9.